The highest BCUT2D eigenvalue weighted by Gasteiger charge is 2.44. The highest BCUT2D eigenvalue weighted by atomic mass is 16.3. The van der Waals surface area contributed by atoms with Gasteiger partial charge in [-0.25, -0.2) is 0 Å². The van der Waals surface area contributed by atoms with Crippen LogP contribution in [-0.2, 0) is 12.8 Å². The normalized spacial score (nSPS) is 14.7. The number of hydrogen-bond donors (Lipinski definition) is 0. The summed E-state index contributed by atoms with van der Waals surface area (Å²) in [6.45, 7) is 4.61. The quantitative estimate of drug-likeness (QED) is 0.196. The van der Waals surface area contributed by atoms with Gasteiger partial charge in [0.1, 0.15) is 0 Å². The summed E-state index contributed by atoms with van der Waals surface area (Å²) in [5.41, 5.74) is 23.2. The monoisotopic (exact) mass is 500 g/mol. The maximum Gasteiger partial charge on any atom is 0.252 e. The van der Waals surface area contributed by atoms with Crippen molar-refractivity contribution in [2.45, 2.75) is 26.7 Å². The highest BCUT2D eigenvalue weighted by molar-refractivity contribution is 7.00. The lowest BCUT2D eigenvalue weighted by Gasteiger charge is -2.40. The van der Waals surface area contributed by atoms with E-state index in [4.69, 9.17) is 8.83 Å². The van der Waals surface area contributed by atoms with Crippen molar-refractivity contribution in [2.24, 2.45) is 0 Å². The van der Waals surface area contributed by atoms with E-state index in [1.54, 1.807) is 0 Å². The van der Waals surface area contributed by atoms with Crippen molar-refractivity contribution in [1.82, 2.24) is 9.13 Å². The minimum Gasteiger partial charge on any atom is -0.453 e. The van der Waals surface area contributed by atoms with E-state index >= 15 is 0 Å². The van der Waals surface area contributed by atoms with Crippen molar-refractivity contribution in [1.29, 1.82) is 0 Å². The number of hydrogen-bond acceptors (Lipinski definition) is 2. The van der Waals surface area contributed by atoms with Gasteiger partial charge in [-0.3, -0.25) is 0 Å². The van der Waals surface area contributed by atoms with E-state index in [-0.39, 0.29) is 6.71 Å². The van der Waals surface area contributed by atoms with Crippen LogP contribution in [0.5, 0.6) is 0 Å². The third-order valence-electron chi connectivity index (χ3n) is 9.58. The molecule has 0 unspecified atom stereocenters. The first-order valence-corrected chi connectivity index (χ1v) is 13.8. The maximum absolute atomic E-state index is 6.74. The summed E-state index contributed by atoms with van der Waals surface area (Å²) >= 11 is 0. The standard InChI is InChI=1S/C34H21BN2O2/c1-16-9-20-13-18-5-3-7-24-31(18)36-29(20)22(11-16)35-23-12-17(2)10-21-14-19-6-4-8-25-32(19)37(30(21)23)34-27(39-25)15-26(38-24)33(36)28(34)35/h3-12,15H,13-14H2,1-2H3. The molecule has 0 aliphatic carbocycles. The second kappa shape index (κ2) is 5.99. The first-order chi connectivity index (χ1) is 19.1. The van der Waals surface area contributed by atoms with Crippen LogP contribution in [0.4, 0.5) is 0 Å². The van der Waals surface area contributed by atoms with Gasteiger partial charge in [-0.15, -0.1) is 0 Å². The van der Waals surface area contributed by atoms with Crippen LogP contribution < -0.4 is 16.4 Å². The number of aryl methyl sites for hydroxylation is 2. The van der Waals surface area contributed by atoms with Gasteiger partial charge in [-0.05, 0) is 64.6 Å². The SMILES string of the molecule is Cc1cc2c3c(c1)B1c4cc(C)cc5c4-n4c6c(cccc6oc6cc7oc8cccc(c8n-3c7c1c64)C2)C5. The summed E-state index contributed by atoms with van der Waals surface area (Å²) in [7, 11) is 0. The molecule has 0 saturated heterocycles. The van der Waals surface area contributed by atoms with Crippen LogP contribution in [0.15, 0.2) is 75.6 Å². The summed E-state index contributed by atoms with van der Waals surface area (Å²) in [4.78, 5) is 0. The van der Waals surface area contributed by atoms with Gasteiger partial charge in [-0.2, -0.15) is 0 Å². The van der Waals surface area contributed by atoms with E-state index in [0.29, 0.717) is 0 Å². The molecule has 39 heavy (non-hydrogen) atoms. The van der Waals surface area contributed by atoms with Gasteiger partial charge in [0, 0.05) is 30.3 Å². The Morgan fingerprint density at radius 1 is 0.564 bits per heavy atom. The molecule has 2 aromatic heterocycles. The summed E-state index contributed by atoms with van der Waals surface area (Å²) in [6.07, 6.45) is 1.85. The first-order valence-electron chi connectivity index (χ1n) is 13.8. The summed E-state index contributed by atoms with van der Waals surface area (Å²) in [5.74, 6) is 0. The molecule has 0 spiro atoms. The van der Waals surface area contributed by atoms with Crippen LogP contribution in [0.2, 0.25) is 0 Å². The van der Waals surface area contributed by atoms with Gasteiger partial charge in [0.15, 0.2) is 22.3 Å². The van der Waals surface area contributed by atoms with E-state index in [9.17, 15) is 0 Å². The number of para-hydroxylation sites is 2. The van der Waals surface area contributed by atoms with Crippen LogP contribution in [0.3, 0.4) is 0 Å². The Bertz CT molecular complexity index is 2260. The Kier molecular flexibility index (Phi) is 2.99. The average Bonchev–Trinajstić information content (AvgIpc) is 2.92. The number of aromatic nitrogens is 2. The van der Waals surface area contributed by atoms with Crippen LogP contribution in [0.25, 0.3) is 55.8 Å². The molecule has 0 N–H and O–H groups in total. The Labute approximate surface area is 223 Å². The van der Waals surface area contributed by atoms with Crippen molar-refractivity contribution in [3.05, 3.63) is 100 Å². The molecular weight excluding hydrogens is 479 g/mol. The number of fused-ring (bicyclic) bond motifs is 2. The summed E-state index contributed by atoms with van der Waals surface area (Å²) < 4.78 is 18.5. The number of benzene rings is 5. The molecule has 4 aliphatic rings. The zero-order chi connectivity index (χ0) is 25.3. The minimum atomic E-state index is 0.120. The van der Waals surface area contributed by atoms with Crippen molar-refractivity contribution in [3.63, 3.8) is 0 Å². The Hall–Kier alpha value is -4.64. The second-order valence-corrected chi connectivity index (χ2v) is 11.9. The van der Waals surface area contributed by atoms with Crippen LogP contribution in [0, 0.1) is 13.8 Å². The molecule has 0 radical (unpaired) electrons. The maximum atomic E-state index is 6.74. The summed E-state index contributed by atoms with van der Waals surface area (Å²) in [5, 5.41) is 0. The van der Waals surface area contributed by atoms with Gasteiger partial charge in [-0.1, -0.05) is 59.7 Å². The lowest BCUT2D eigenvalue weighted by atomic mass is 9.33. The highest BCUT2D eigenvalue weighted by Crippen LogP contribution is 2.43. The second-order valence-electron chi connectivity index (χ2n) is 11.9. The van der Waals surface area contributed by atoms with Crippen molar-refractivity contribution < 1.29 is 8.83 Å². The Morgan fingerprint density at radius 3 is 1.59 bits per heavy atom. The largest absolute Gasteiger partial charge is 0.453 e. The van der Waals surface area contributed by atoms with Crippen molar-refractivity contribution in [3.8, 4) is 11.4 Å². The van der Waals surface area contributed by atoms with Gasteiger partial charge in [0.2, 0.25) is 0 Å². The molecule has 0 amide bonds. The first kappa shape index (κ1) is 19.4. The van der Waals surface area contributed by atoms with Crippen molar-refractivity contribution in [2.75, 3.05) is 0 Å². The fourth-order valence-electron chi connectivity index (χ4n) is 8.44. The number of rotatable bonds is 0. The molecule has 5 aromatic carbocycles. The third-order valence-corrected chi connectivity index (χ3v) is 9.58. The van der Waals surface area contributed by atoms with E-state index in [1.807, 2.05) is 0 Å². The molecule has 0 bridgehead atoms. The van der Waals surface area contributed by atoms with Crippen LogP contribution >= 0.6 is 0 Å². The molecule has 0 fully saturated rings. The van der Waals surface area contributed by atoms with E-state index in [0.717, 1.165) is 35.2 Å². The predicted molar refractivity (Wildman–Crippen MR) is 157 cm³/mol. The molecule has 182 valence electrons. The molecule has 4 aliphatic heterocycles. The smallest absolute Gasteiger partial charge is 0.252 e. The van der Waals surface area contributed by atoms with E-state index < -0.39 is 0 Å². The molecule has 0 atom stereocenters. The Balaban J connectivity index is 1.53. The topological polar surface area (TPSA) is 36.1 Å². The van der Waals surface area contributed by atoms with Crippen molar-refractivity contribution >= 4 is 67.5 Å². The van der Waals surface area contributed by atoms with Gasteiger partial charge < -0.3 is 18.0 Å². The fraction of sp³-hybridized carbons (Fsp3) is 0.118. The predicted octanol–water partition coefficient (Wildman–Crippen LogP) is 5.76. The molecule has 6 heterocycles. The zero-order valence-electron chi connectivity index (χ0n) is 21.6. The van der Waals surface area contributed by atoms with Gasteiger partial charge in [0.25, 0.3) is 6.71 Å². The van der Waals surface area contributed by atoms with Gasteiger partial charge >= 0.3 is 0 Å². The molecule has 4 nitrogen and oxygen atoms in total. The lowest BCUT2D eigenvalue weighted by Crippen LogP contribution is -2.60. The van der Waals surface area contributed by atoms with Crippen LogP contribution in [-0.4, -0.2) is 15.8 Å². The zero-order valence-corrected chi connectivity index (χ0v) is 21.6. The molecule has 5 heteroatoms. The fourth-order valence-corrected chi connectivity index (χ4v) is 8.44. The number of nitrogens with zero attached hydrogens (tertiary/aromatic N) is 2. The molecule has 11 rings (SSSR count). The average molecular weight is 500 g/mol. The van der Waals surface area contributed by atoms with Crippen LogP contribution in [0.1, 0.15) is 33.4 Å². The minimum absolute atomic E-state index is 0.120. The Morgan fingerprint density at radius 2 is 1.08 bits per heavy atom. The third kappa shape index (κ3) is 2.02. The molecular formula is C34H21BN2O2. The molecule has 0 saturated carbocycles. The summed E-state index contributed by atoms with van der Waals surface area (Å²) in [6, 6.07) is 24.8. The molecule has 7 aromatic rings. The van der Waals surface area contributed by atoms with E-state index in [2.05, 4.69) is 89.7 Å². The lowest BCUT2D eigenvalue weighted by molar-refractivity contribution is 0.637. The van der Waals surface area contributed by atoms with E-state index in [1.165, 1.54) is 83.2 Å². The van der Waals surface area contributed by atoms with Gasteiger partial charge in [0.05, 0.1) is 22.1 Å².